The van der Waals surface area contributed by atoms with Crippen LogP contribution < -0.4 is 5.56 Å². The quantitative estimate of drug-likeness (QED) is 0.691. The average Bonchev–Trinajstić information content (AvgIpc) is 2.87. The standard InChI is InChI=1S/C12H7BrN2OS/c13-15-9-5-2-1-4-8(9)14-11(12(15)16)10-6-3-7-17-10/h1-7H. The lowest BCUT2D eigenvalue weighted by Gasteiger charge is -2.04. The Balaban J connectivity index is 2.42. The van der Waals surface area contributed by atoms with Crippen LogP contribution in [0.1, 0.15) is 0 Å². The topological polar surface area (TPSA) is 34.9 Å². The highest BCUT2D eigenvalue weighted by atomic mass is 79.9. The summed E-state index contributed by atoms with van der Waals surface area (Å²) in [5.41, 5.74) is 1.92. The molecule has 0 aliphatic carbocycles. The number of nitrogens with zero attached hydrogens (tertiary/aromatic N) is 2. The Morgan fingerprint density at radius 1 is 1.18 bits per heavy atom. The zero-order valence-electron chi connectivity index (χ0n) is 8.63. The summed E-state index contributed by atoms with van der Waals surface area (Å²) in [7, 11) is 0. The summed E-state index contributed by atoms with van der Waals surface area (Å²) in [6, 6.07) is 11.3. The summed E-state index contributed by atoms with van der Waals surface area (Å²) >= 11 is 4.80. The third-order valence-corrected chi connectivity index (χ3v) is 4.04. The van der Waals surface area contributed by atoms with Gasteiger partial charge in [0.2, 0.25) is 0 Å². The maximum Gasteiger partial charge on any atom is 0.288 e. The van der Waals surface area contributed by atoms with Crippen molar-refractivity contribution in [2.24, 2.45) is 0 Å². The van der Waals surface area contributed by atoms with Crippen molar-refractivity contribution < 1.29 is 0 Å². The fraction of sp³-hybridized carbons (Fsp3) is 0. The van der Waals surface area contributed by atoms with Crippen LogP contribution in [0.4, 0.5) is 0 Å². The van der Waals surface area contributed by atoms with Crippen molar-refractivity contribution >= 4 is 38.5 Å². The molecule has 0 aliphatic heterocycles. The molecule has 17 heavy (non-hydrogen) atoms. The first-order valence-corrected chi connectivity index (χ1v) is 6.58. The number of aromatic nitrogens is 2. The minimum Gasteiger partial charge on any atom is -0.266 e. The Morgan fingerprint density at radius 2 is 2.00 bits per heavy atom. The zero-order valence-corrected chi connectivity index (χ0v) is 11.0. The fourth-order valence-electron chi connectivity index (χ4n) is 1.67. The molecule has 1 aromatic carbocycles. The predicted octanol–water partition coefficient (Wildman–Crippen LogP) is 3.28. The first-order valence-electron chi connectivity index (χ1n) is 4.99. The van der Waals surface area contributed by atoms with Crippen molar-refractivity contribution in [1.29, 1.82) is 0 Å². The van der Waals surface area contributed by atoms with Gasteiger partial charge < -0.3 is 0 Å². The second kappa shape index (κ2) is 4.09. The monoisotopic (exact) mass is 306 g/mol. The van der Waals surface area contributed by atoms with E-state index in [-0.39, 0.29) is 5.56 Å². The molecule has 0 spiro atoms. The molecule has 3 rings (SSSR count). The molecule has 3 nitrogen and oxygen atoms in total. The van der Waals surface area contributed by atoms with Crippen molar-refractivity contribution in [3.8, 4) is 10.6 Å². The number of rotatable bonds is 1. The molecule has 0 radical (unpaired) electrons. The molecule has 5 heteroatoms. The van der Waals surface area contributed by atoms with Gasteiger partial charge in [0.05, 0.1) is 32.1 Å². The number of halogens is 1. The SMILES string of the molecule is O=c1c(-c2cccs2)nc2ccccc2n1Br. The first kappa shape index (κ1) is 10.7. The summed E-state index contributed by atoms with van der Waals surface area (Å²) in [4.78, 5) is 17.4. The van der Waals surface area contributed by atoms with E-state index in [0.717, 1.165) is 15.9 Å². The van der Waals surface area contributed by atoms with E-state index < -0.39 is 0 Å². The van der Waals surface area contributed by atoms with E-state index in [1.807, 2.05) is 41.8 Å². The zero-order chi connectivity index (χ0) is 11.8. The number of fused-ring (bicyclic) bond motifs is 1. The first-order chi connectivity index (χ1) is 8.27. The van der Waals surface area contributed by atoms with E-state index in [1.54, 1.807) is 0 Å². The van der Waals surface area contributed by atoms with Gasteiger partial charge in [0, 0.05) is 0 Å². The second-order valence-corrected chi connectivity index (χ2v) is 5.17. The van der Waals surface area contributed by atoms with E-state index in [0.29, 0.717) is 5.69 Å². The van der Waals surface area contributed by atoms with Gasteiger partial charge in [0.25, 0.3) is 5.56 Å². The van der Waals surface area contributed by atoms with Crippen LogP contribution in [0.2, 0.25) is 0 Å². The van der Waals surface area contributed by atoms with Crippen LogP contribution in [0.25, 0.3) is 21.6 Å². The van der Waals surface area contributed by atoms with Gasteiger partial charge in [-0.25, -0.2) is 8.58 Å². The van der Waals surface area contributed by atoms with Gasteiger partial charge in [-0.05, 0) is 23.6 Å². The number of hydrogen-bond donors (Lipinski definition) is 0. The van der Waals surface area contributed by atoms with Gasteiger partial charge >= 0.3 is 0 Å². The lowest BCUT2D eigenvalue weighted by Crippen LogP contribution is -2.16. The highest BCUT2D eigenvalue weighted by Crippen LogP contribution is 2.22. The summed E-state index contributed by atoms with van der Waals surface area (Å²) in [5, 5.41) is 1.93. The van der Waals surface area contributed by atoms with E-state index >= 15 is 0 Å². The van der Waals surface area contributed by atoms with Gasteiger partial charge in [0.1, 0.15) is 5.69 Å². The maximum atomic E-state index is 12.1. The van der Waals surface area contributed by atoms with Crippen molar-refractivity contribution in [1.82, 2.24) is 8.58 Å². The number of benzene rings is 1. The van der Waals surface area contributed by atoms with E-state index in [9.17, 15) is 4.79 Å². The molecule has 2 heterocycles. The molecule has 0 saturated heterocycles. The molecule has 0 saturated carbocycles. The van der Waals surface area contributed by atoms with Crippen molar-refractivity contribution in [3.63, 3.8) is 0 Å². The molecule has 84 valence electrons. The Bertz CT molecular complexity index is 734. The molecule has 0 atom stereocenters. The van der Waals surface area contributed by atoms with Crippen molar-refractivity contribution in [2.45, 2.75) is 0 Å². The smallest absolute Gasteiger partial charge is 0.266 e. The van der Waals surface area contributed by atoms with Crippen molar-refractivity contribution in [3.05, 3.63) is 52.1 Å². The molecular formula is C12H7BrN2OS. The van der Waals surface area contributed by atoms with Gasteiger partial charge in [-0.2, -0.15) is 0 Å². The maximum absolute atomic E-state index is 12.1. The Labute approximate surface area is 110 Å². The van der Waals surface area contributed by atoms with Gasteiger partial charge in [0.15, 0.2) is 0 Å². The van der Waals surface area contributed by atoms with Crippen LogP contribution in [0, 0.1) is 0 Å². The Kier molecular flexibility index (Phi) is 2.57. The Hall–Kier alpha value is -1.46. The summed E-state index contributed by atoms with van der Waals surface area (Å²) < 4.78 is 1.46. The van der Waals surface area contributed by atoms with Crippen LogP contribution in [0.3, 0.4) is 0 Å². The van der Waals surface area contributed by atoms with E-state index in [2.05, 4.69) is 21.1 Å². The third-order valence-electron chi connectivity index (χ3n) is 2.46. The summed E-state index contributed by atoms with van der Waals surface area (Å²) in [5.74, 6) is 0. The van der Waals surface area contributed by atoms with E-state index in [1.165, 1.54) is 14.9 Å². The number of hydrogen-bond acceptors (Lipinski definition) is 3. The largest absolute Gasteiger partial charge is 0.288 e. The molecule has 0 aliphatic rings. The number of para-hydroxylation sites is 2. The van der Waals surface area contributed by atoms with E-state index in [4.69, 9.17) is 0 Å². The molecule has 0 amide bonds. The lowest BCUT2D eigenvalue weighted by molar-refractivity contribution is 1.18. The number of thiophene rings is 1. The molecule has 0 N–H and O–H groups in total. The Morgan fingerprint density at radius 3 is 2.76 bits per heavy atom. The highest BCUT2D eigenvalue weighted by Gasteiger charge is 2.11. The van der Waals surface area contributed by atoms with Crippen LogP contribution in [0.15, 0.2) is 46.6 Å². The minimum absolute atomic E-state index is 0.133. The second-order valence-electron chi connectivity index (χ2n) is 3.51. The van der Waals surface area contributed by atoms with Crippen LogP contribution in [0.5, 0.6) is 0 Å². The van der Waals surface area contributed by atoms with Gasteiger partial charge in [-0.1, -0.05) is 18.2 Å². The molecule has 2 aromatic heterocycles. The normalized spacial score (nSPS) is 10.9. The third kappa shape index (κ3) is 1.71. The summed E-state index contributed by atoms with van der Waals surface area (Å²) in [6.07, 6.45) is 0. The van der Waals surface area contributed by atoms with Gasteiger partial charge in [-0.15, -0.1) is 11.3 Å². The summed E-state index contributed by atoms with van der Waals surface area (Å²) in [6.45, 7) is 0. The van der Waals surface area contributed by atoms with Crippen LogP contribution in [-0.4, -0.2) is 8.58 Å². The highest BCUT2D eigenvalue weighted by molar-refractivity contribution is 9.08. The fourth-order valence-corrected chi connectivity index (χ4v) is 2.84. The molecule has 0 bridgehead atoms. The molecular weight excluding hydrogens is 300 g/mol. The lowest BCUT2D eigenvalue weighted by atomic mass is 10.3. The molecule has 3 aromatic rings. The minimum atomic E-state index is -0.133. The predicted molar refractivity (Wildman–Crippen MR) is 73.6 cm³/mol. The van der Waals surface area contributed by atoms with Crippen molar-refractivity contribution in [2.75, 3.05) is 0 Å². The van der Waals surface area contributed by atoms with Crippen LogP contribution in [-0.2, 0) is 0 Å². The van der Waals surface area contributed by atoms with Gasteiger partial charge in [-0.3, -0.25) is 4.79 Å². The molecule has 0 fully saturated rings. The van der Waals surface area contributed by atoms with Crippen LogP contribution >= 0.6 is 27.5 Å². The average molecular weight is 307 g/mol. The molecule has 0 unspecified atom stereocenters.